The minimum absolute atomic E-state index is 0.0435. The summed E-state index contributed by atoms with van der Waals surface area (Å²) >= 11 is 6.33. The summed E-state index contributed by atoms with van der Waals surface area (Å²) in [6, 6.07) is 2.71. The van der Waals surface area contributed by atoms with Gasteiger partial charge in [0.15, 0.2) is 0 Å². The van der Waals surface area contributed by atoms with E-state index in [1.165, 1.54) is 41.3 Å². The largest absolute Gasteiger partial charge is 0.463 e. The van der Waals surface area contributed by atoms with Gasteiger partial charge in [-0.2, -0.15) is 10.2 Å². The number of aromatic nitrogens is 3. The zero-order valence-electron chi connectivity index (χ0n) is 19.0. The number of hydrogen-bond donors (Lipinski definition) is 1. The number of rotatable bonds is 6. The number of carbonyl (C=O) groups is 1. The van der Waals surface area contributed by atoms with Crippen molar-refractivity contribution in [2.24, 2.45) is 4.99 Å². The number of alkyl halides is 2. The Hall–Kier alpha value is -2.96. The smallest absolute Gasteiger partial charge is 0.338 e. The van der Waals surface area contributed by atoms with E-state index in [0.717, 1.165) is 6.07 Å². The second kappa shape index (κ2) is 10.3. The van der Waals surface area contributed by atoms with Crippen LogP contribution in [0.3, 0.4) is 0 Å². The standard InChI is InChI=1S/C22H24ClF3N6O3/c1-3-35-20(33)18-16(11-31-9-6-17(34-2)22(25,26)12-31)29-21(32-27-7-8-28-32)30-19(18)14-5-4-13(24)10-15(14)23/h4-5,7-8,10,17,19H,3,6,9,11-12H2,1-2H3,(H,29,30)/t17?,19-/m0/s1. The van der Waals surface area contributed by atoms with Crippen molar-refractivity contribution in [1.82, 2.24) is 25.2 Å². The fourth-order valence-electron chi connectivity index (χ4n) is 4.17. The summed E-state index contributed by atoms with van der Waals surface area (Å²) in [4.78, 5) is 20.4. The lowest BCUT2D eigenvalue weighted by Crippen LogP contribution is -2.53. The number of aliphatic imine (C=N–C) groups is 1. The summed E-state index contributed by atoms with van der Waals surface area (Å²) in [5.41, 5.74) is 0.694. The summed E-state index contributed by atoms with van der Waals surface area (Å²) in [6.07, 6.45) is 1.79. The zero-order valence-corrected chi connectivity index (χ0v) is 19.8. The van der Waals surface area contributed by atoms with Gasteiger partial charge >= 0.3 is 5.97 Å². The molecule has 4 rings (SSSR count). The average molecular weight is 513 g/mol. The van der Waals surface area contributed by atoms with Crippen LogP contribution >= 0.6 is 11.6 Å². The van der Waals surface area contributed by atoms with Crippen LogP contribution in [0.1, 0.15) is 24.9 Å². The molecule has 3 heterocycles. The van der Waals surface area contributed by atoms with E-state index in [2.05, 4.69) is 20.5 Å². The van der Waals surface area contributed by atoms with Crippen molar-refractivity contribution in [2.75, 3.05) is 33.4 Å². The Morgan fingerprint density at radius 2 is 2.06 bits per heavy atom. The maximum Gasteiger partial charge on any atom is 0.338 e. The van der Waals surface area contributed by atoms with Gasteiger partial charge in [0.1, 0.15) is 18.0 Å². The maximum atomic E-state index is 14.6. The zero-order chi connectivity index (χ0) is 25.2. The van der Waals surface area contributed by atoms with E-state index in [-0.39, 0.29) is 41.8 Å². The highest BCUT2D eigenvalue weighted by Crippen LogP contribution is 2.37. The number of benzene rings is 1. The Morgan fingerprint density at radius 3 is 2.69 bits per heavy atom. The van der Waals surface area contributed by atoms with Crippen molar-refractivity contribution in [3.63, 3.8) is 0 Å². The van der Waals surface area contributed by atoms with Gasteiger partial charge < -0.3 is 14.8 Å². The summed E-state index contributed by atoms with van der Waals surface area (Å²) in [6.45, 7) is 1.42. The molecule has 0 saturated carbocycles. The van der Waals surface area contributed by atoms with Crippen LogP contribution in [0.4, 0.5) is 13.2 Å². The van der Waals surface area contributed by atoms with Crippen molar-refractivity contribution in [3.8, 4) is 0 Å². The third-order valence-electron chi connectivity index (χ3n) is 5.75. The quantitative estimate of drug-likeness (QED) is 0.595. The van der Waals surface area contributed by atoms with E-state index >= 15 is 0 Å². The number of esters is 1. The molecule has 2 aliphatic heterocycles. The first-order valence-electron chi connectivity index (χ1n) is 10.9. The summed E-state index contributed by atoms with van der Waals surface area (Å²) < 4.78 is 53.1. The number of piperidine rings is 1. The molecule has 0 aliphatic carbocycles. The molecule has 1 aromatic carbocycles. The highest BCUT2D eigenvalue weighted by molar-refractivity contribution is 6.31. The highest BCUT2D eigenvalue weighted by atomic mass is 35.5. The summed E-state index contributed by atoms with van der Waals surface area (Å²) in [7, 11) is 1.26. The van der Waals surface area contributed by atoms with Crippen molar-refractivity contribution in [1.29, 1.82) is 0 Å². The van der Waals surface area contributed by atoms with Crippen LogP contribution in [0.5, 0.6) is 0 Å². The molecule has 2 aliphatic rings. The van der Waals surface area contributed by atoms with Gasteiger partial charge in [-0.05, 0) is 25.5 Å². The Kier molecular flexibility index (Phi) is 7.43. The second-order valence-electron chi connectivity index (χ2n) is 8.06. The summed E-state index contributed by atoms with van der Waals surface area (Å²) in [5.74, 6) is -4.19. The topological polar surface area (TPSA) is 93.9 Å². The fraction of sp³-hybridized carbons (Fsp3) is 0.455. The molecule has 188 valence electrons. The van der Waals surface area contributed by atoms with Crippen LogP contribution in [0, 0.1) is 5.82 Å². The van der Waals surface area contributed by atoms with Crippen molar-refractivity contribution in [2.45, 2.75) is 31.4 Å². The number of halogens is 4. The molecule has 1 N–H and O–H groups in total. The minimum atomic E-state index is -3.08. The van der Waals surface area contributed by atoms with Crippen LogP contribution in [0.15, 0.2) is 46.9 Å². The highest BCUT2D eigenvalue weighted by Gasteiger charge is 2.45. The number of carbonyl (C=O) groups excluding carboxylic acids is 1. The number of nitrogens with one attached hydrogen (secondary N) is 1. The van der Waals surface area contributed by atoms with E-state index in [1.807, 2.05) is 0 Å². The molecule has 2 atom stereocenters. The van der Waals surface area contributed by atoms with Crippen molar-refractivity contribution in [3.05, 3.63) is 58.3 Å². The third kappa shape index (κ3) is 5.34. The van der Waals surface area contributed by atoms with E-state index in [0.29, 0.717) is 12.1 Å². The molecule has 0 radical (unpaired) electrons. The van der Waals surface area contributed by atoms with Crippen LogP contribution < -0.4 is 5.32 Å². The molecule has 1 unspecified atom stereocenters. The lowest BCUT2D eigenvalue weighted by molar-refractivity contribution is -0.161. The first-order valence-corrected chi connectivity index (χ1v) is 11.3. The summed E-state index contributed by atoms with van der Waals surface area (Å²) in [5, 5.41) is 11.2. The molecule has 1 saturated heterocycles. The first kappa shape index (κ1) is 25.1. The van der Waals surface area contributed by atoms with E-state index in [9.17, 15) is 18.0 Å². The molecule has 35 heavy (non-hydrogen) atoms. The van der Waals surface area contributed by atoms with Gasteiger partial charge in [0.25, 0.3) is 5.92 Å². The van der Waals surface area contributed by atoms with Gasteiger partial charge in [0.2, 0.25) is 5.96 Å². The number of nitrogens with zero attached hydrogens (tertiary/aromatic N) is 5. The minimum Gasteiger partial charge on any atom is -0.463 e. The van der Waals surface area contributed by atoms with Crippen LogP contribution in [-0.4, -0.2) is 77.2 Å². The molecular formula is C22H24ClF3N6O3. The monoisotopic (exact) mass is 512 g/mol. The molecule has 1 fully saturated rings. The van der Waals surface area contributed by atoms with Crippen molar-refractivity contribution < 1.29 is 27.4 Å². The molecular weight excluding hydrogens is 489 g/mol. The second-order valence-corrected chi connectivity index (χ2v) is 8.47. The molecule has 0 amide bonds. The SMILES string of the molecule is CCOC(=O)C1=C(CN2CCC(OC)C(F)(F)C2)NC(n2nccn2)=N[C@H]1c1ccc(F)cc1Cl. The number of hydrogen-bond acceptors (Lipinski definition) is 8. The van der Waals surface area contributed by atoms with Crippen LogP contribution in [0.25, 0.3) is 0 Å². The Morgan fingerprint density at radius 1 is 1.31 bits per heavy atom. The molecule has 9 nitrogen and oxygen atoms in total. The lowest BCUT2D eigenvalue weighted by Gasteiger charge is -2.38. The molecule has 1 aromatic heterocycles. The maximum absolute atomic E-state index is 14.6. The third-order valence-corrected chi connectivity index (χ3v) is 6.08. The van der Waals surface area contributed by atoms with Gasteiger partial charge in [-0.3, -0.25) is 4.90 Å². The predicted molar refractivity (Wildman–Crippen MR) is 121 cm³/mol. The molecule has 2 aromatic rings. The fourth-order valence-corrected chi connectivity index (χ4v) is 4.44. The Bertz CT molecular complexity index is 1140. The number of likely N-dealkylation sites (tertiary alicyclic amines) is 1. The Balaban J connectivity index is 1.78. The van der Waals surface area contributed by atoms with Crippen molar-refractivity contribution >= 4 is 23.5 Å². The van der Waals surface area contributed by atoms with Gasteiger partial charge in [-0.15, -0.1) is 4.80 Å². The molecule has 0 spiro atoms. The van der Waals surface area contributed by atoms with E-state index in [1.54, 1.807) is 6.92 Å². The lowest BCUT2D eigenvalue weighted by atomic mass is 9.95. The van der Waals surface area contributed by atoms with Gasteiger partial charge in [-0.25, -0.2) is 23.0 Å². The predicted octanol–water partition coefficient (Wildman–Crippen LogP) is 2.79. The Labute approximate surface area is 204 Å². The van der Waals surface area contributed by atoms with Gasteiger partial charge in [0.05, 0.1) is 31.1 Å². The normalized spacial score (nSPS) is 22.5. The van der Waals surface area contributed by atoms with Gasteiger partial charge in [-0.1, -0.05) is 17.7 Å². The molecule has 0 bridgehead atoms. The average Bonchev–Trinajstić information content (AvgIpc) is 3.33. The number of methoxy groups -OCH3 is 1. The van der Waals surface area contributed by atoms with Crippen LogP contribution in [0.2, 0.25) is 5.02 Å². The van der Waals surface area contributed by atoms with E-state index in [4.69, 9.17) is 21.1 Å². The van der Waals surface area contributed by atoms with E-state index < -0.39 is 36.4 Å². The van der Waals surface area contributed by atoms with Crippen LogP contribution in [-0.2, 0) is 14.3 Å². The van der Waals surface area contributed by atoms with Gasteiger partial charge in [0, 0.05) is 36.5 Å². The first-order chi connectivity index (χ1) is 16.7. The molecule has 13 heteroatoms. The number of ether oxygens (including phenoxy) is 2.